The molecule has 0 aromatic carbocycles. The van der Waals surface area contributed by atoms with E-state index in [1.165, 1.54) is 6.92 Å². The molecule has 1 aromatic heterocycles. The van der Waals surface area contributed by atoms with E-state index >= 15 is 0 Å². The zero-order valence-corrected chi connectivity index (χ0v) is 9.11. The third-order valence-corrected chi connectivity index (χ3v) is 3.01. The minimum Gasteiger partial charge on any atom is -0.233 e. The number of nitrogens with two attached hydrogens (primary N) is 1. The van der Waals surface area contributed by atoms with Crippen molar-refractivity contribution in [3.05, 3.63) is 22.5 Å². The number of pyridine rings is 1. The monoisotopic (exact) mass is 256 g/mol. The first-order valence-electron chi connectivity index (χ1n) is 3.71. The van der Waals surface area contributed by atoms with Gasteiger partial charge in [-0.15, -0.1) is 0 Å². The summed E-state index contributed by atoms with van der Waals surface area (Å²) in [5, 5.41) is 4.27. The lowest BCUT2D eigenvalue weighted by atomic mass is 10.2. The van der Waals surface area contributed by atoms with E-state index in [9.17, 15) is 17.2 Å². The summed E-state index contributed by atoms with van der Waals surface area (Å²) in [7, 11) is -4.04. The molecule has 0 unspecified atom stereocenters. The van der Waals surface area contributed by atoms with Crippen molar-refractivity contribution in [2.45, 2.75) is 18.2 Å². The Labute approximate surface area is 90.1 Å². The van der Waals surface area contributed by atoms with Crippen molar-refractivity contribution in [2.75, 3.05) is 0 Å². The second-order valence-corrected chi connectivity index (χ2v) is 4.71. The van der Waals surface area contributed by atoms with Crippen LogP contribution in [-0.2, 0) is 10.0 Å². The van der Waals surface area contributed by atoms with Gasteiger partial charge in [0.05, 0.1) is 0 Å². The summed E-state index contributed by atoms with van der Waals surface area (Å²) in [6.45, 7) is 1.31. The van der Waals surface area contributed by atoms with E-state index in [0.717, 1.165) is 6.07 Å². The maximum Gasteiger partial charge on any atom is 0.280 e. The normalized spacial score (nSPS) is 12.1. The maximum atomic E-state index is 12.3. The quantitative estimate of drug-likeness (QED) is 0.818. The third-order valence-electron chi connectivity index (χ3n) is 1.69. The second-order valence-electron chi connectivity index (χ2n) is 2.83. The van der Waals surface area contributed by atoms with Gasteiger partial charge in [-0.25, -0.2) is 27.3 Å². The van der Waals surface area contributed by atoms with E-state index in [4.69, 9.17) is 16.7 Å². The molecule has 1 rings (SSSR count). The van der Waals surface area contributed by atoms with Gasteiger partial charge in [0.15, 0.2) is 0 Å². The molecule has 2 N–H and O–H groups in total. The number of rotatable bonds is 2. The molecule has 4 nitrogen and oxygen atoms in total. The summed E-state index contributed by atoms with van der Waals surface area (Å²) in [5.74, 6) is 0. The van der Waals surface area contributed by atoms with Crippen molar-refractivity contribution in [1.29, 1.82) is 0 Å². The minimum atomic E-state index is -4.04. The van der Waals surface area contributed by atoms with Gasteiger partial charge in [0, 0.05) is 0 Å². The van der Waals surface area contributed by atoms with Gasteiger partial charge in [-0.3, -0.25) is 0 Å². The molecule has 0 radical (unpaired) electrons. The Bertz CT molecular complexity index is 490. The number of primary sulfonamides is 1. The summed E-state index contributed by atoms with van der Waals surface area (Å²) >= 11 is 5.43. The van der Waals surface area contributed by atoms with Crippen molar-refractivity contribution in [1.82, 2.24) is 4.98 Å². The van der Waals surface area contributed by atoms with Crippen LogP contribution in [0.2, 0.25) is 5.15 Å². The Morgan fingerprint density at radius 1 is 1.53 bits per heavy atom. The summed E-state index contributed by atoms with van der Waals surface area (Å²) in [6.07, 6.45) is -2.81. The molecule has 0 spiro atoms. The Balaban J connectivity index is 3.46. The molecule has 0 amide bonds. The number of aryl methyl sites for hydroxylation is 1. The van der Waals surface area contributed by atoms with E-state index in [2.05, 4.69) is 4.98 Å². The number of sulfonamides is 1. The van der Waals surface area contributed by atoms with Crippen molar-refractivity contribution in [3.8, 4) is 0 Å². The van der Waals surface area contributed by atoms with E-state index in [1.807, 2.05) is 0 Å². The molecule has 0 saturated carbocycles. The number of halogens is 3. The summed E-state index contributed by atoms with van der Waals surface area (Å²) < 4.78 is 46.6. The van der Waals surface area contributed by atoms with Crippen LogP contribution in [0.3, 0.4) is 0 Å². The van der Waals surface area contributed by atoms with Gasteiger partial charge >= 0.3 is 0 Å². The fraction of sp³-hybridized carbons (Fsp3) is 0.286. The van der Waals surface area contributed by atoms with Crippen LogP contribution in [0.1, 0.15) is 17.7 Å². The van der Waals surface area contributed by atoms with Gasteiger partial charge in [0.1, 0.15) is 15.7 Å². The number of aromatic nitrogens is 1. The SMILES string of the molecule is Cc1cc(S(N)(=O)=O)c(Cl)nc1C(F)F. The van der Waals surface area contributed by atoms with Crippen LogP contribution in [-0.4, -0.2) is 13.4 Å². The zero-order valence-electron chi connectivity index (χ0n) is 7.54. The highest BCUT2D eigenvalue weighted by Gasteiger charge is 2.20. The van der Waals surface area contributed by atoms with E-state index in [1.54, 1.807) is 0 Å². The average molecular weight is 257 g/mol. The molecule has 15 heavy (non-hydrogen) atoms. The molecule has 1 aromatic rings. The van der Waals surface area contributed by atoms with Crippen LogP contribution in [0.25, 0.3) is 0 Å². The standard InChI is InChI=1S/C7H7ClF2N2O2S/c1-3-2-4(15(11,13)14)6(8)12-5(3)7(9)10/h2,7H,1H3,(H2,11,13,14). The Hall–Kier alpha value is -0.790. The lowest BCUT2D eigenvalue weighted by molar-refractivity contribution is 0.145. The molecule has 8 heteroatoms. The second kappa shape index (κ2) is 3.99. The maximum absolute atomic E-state index is 12.3. The summed E-state index contributed by atoms with van der Waals surface area (Å²) in [5.41, 5.74) is -0.522. The van der Waals surface area contributed by atoms with Crippen LogP contribution in [0.5, 0.6) is 0 Å². The minimum absolute atomic E-state index is 0.0263. The van der Waals surface area contributed by atoms with Crippen LogP contribution >= 0.6 is 11.6 Å². The van der Waals surface area contributed by atoms with Crippen molar-refractivity contribution < 1.29 is 17.2 Å². The highest BCUT2D eigenvalue weighted by Crippen LogP contribution is 2.26. The zero-order chi connectivity index (χ0) is 11.8. The number of hydrogen-bond donors (Lipinski definition) is 1. The molecule has 0 aliphatic carbocycles. The molecule has 0 bridgehead atoms. The predicted molar refractivity (Wildman–Crippen MR) is 50.3 cm³/mol. The van der Waals surface area contributed by atoms with E-state index in [0.29, 0.717) is 0 Å². The molecule has 0 saturated heterocycles. The smallest absolute Gasteiger partial charge is 0.233 e. The highest BCUT2D eigenvalue weighted by atomic mass is 35.5. The lowest BCUT2D eigenvalue weighted by Crippen LogP contribution is -2.14. The highest BCUT2D eigenvalue weighted by molar-refractivity contribution is 7.89. The molecule has 0 fully saturated rings. The molecular formula is C7H7ClF2N2O2S. The predicted octanol–water partition coefficient (Wildman–Crippen LogP) is 1.63. The van der Waals surface area contributed by atoms with Crippen LogP contribution in [0, 0.1) is 6.92 Å². The molecule has 1 heterocycles. The van der Waals surface area contributed by atoms with Crippen LogP contribution < -0.4 is 5.14 Å². The van der Waals surface area contributed by atoms with Gasteiger partial charge in [-0.05, 0) is 18.6 Å². The van der Waals surface area contributed by atoms with Crippen molar-refractivity contribution in [2.24, 2.45) is 5.14 Å². The van der Waals surface area contributed by atoms with Crippen LogP contribution in [0.15, 0.2) is 11.0 Å². The Morgan fingerprint density at radius 2 is 2.07 bits per heavy atom. The van der Waals surface area contributed by atoms with Gasteiger partial charge in [-0.1, -0.05) is 11.6 Å². The van der Waals surface area contributed by atoms with Gasteiger partial charge in [-0.2, -0.15) is 0 Å². The molecule has 0 aliphatic rings. The Morgan fingerprint density at radius 3 is 2.47 bits per heavy atom. The number of alkyl halides is 2. The van der Waals surface area contributed by atoms with E-state index < -0.39 is 32.2 Å². The van der Waals surface area contributed by atoms with Gasteiger partial charge in [0.25, 0.3) is 6.43 Å². The van der Waals surface area contributed by atoms with Crippen molar-refractivity contribution in [3.63, 3.8) is 0 Å². The van der Waals surface area contributed by atoms with Crippen LogP contribution in [0.4, 0.5) is 8.78 Å². The lowest BCUT2D eigenvalue weighted by Gasteiger charge is -2.07. The summed E-state index contributed by atoms with van der Waals surface area (Å²) in [6, 6.07) is 0.978. The topological polar surface area (TPSA) is 73.1 Å². The van der Waals surface area contributed by atoms with Gasteiger partial charge < -0.3 is 0 Å². The van der Waals surface area contributed by atoms with Crippen molar-refractivity contribution >= 4 is 21.6 Å². The van der Waals surface area contributed by atoms with Gasteiger partial charge in [0.2, 0.25) is 10.0 Å². The third kappa shape index (κ3) is 2.61. The average Bonchev–Trinajstić information content (AvgIpc) is 2.06. The first-order chi connectivity index (χ1) is 6.73. The number of nitrogens with zero attached hydrogens (tertiary/aromatic N) is 1. The molecule has 84 valence electrons. The molecule has 0 atom stereocenters. The first-order valence-corrected chi connectivity index (χ1v) is 5.64. The van der Waals surface area contributed by atoms with E-state index in [-0.39, 0.29) is 5.56 Å². The molecular weight excluding hydrogens is 250 g/mol. The Kier molecular flexibility index (Phi) is 3.27. The fourth-order valence-corrected chi connectivity index (χ4v) is 2.09. The largest absolute Gasteiger partial charge is 0.280 e. The summed E-state index contributed by atoms with van der Waals surface area (Å²) in [4.78, 5) is 2.84. The first kappa shape index (κ1) is 12.3. The molecule has 0 aliphatic heterocycles. The fourth-order valence-electron chi connectivity index (χ4n) is 1.000. The number of hydrogen-bond acceptors (Lipinski definition) is 3.